The van der Waals surface area contributed by atoms with Crippen LogP contribution in [0.5, 0.6) is 0 Å². The van der Waals surface area contributed by atoms with E-state index in [0.29, 0.717) is 16.9 Å². The molecule has 0 aliphatic heterocycles. The first-order valence-corrected chi connectivity index (χ1v) is 11.8. The Bertz CT molecular complexity index is 1180. The van der Waals surface area contributed by atoms with Crippen LogP contribution < -0.4 is 10.6 Å². The van der Waals surface area contributed by atoms with Gasteiger partial charge in [0.25, 0.3) is 5.91 Å². The summed E-state index contributed by atoms with van der Waals surface area (Å²) in [6.45, 7) is 6.95. The van der Waals surface area contributed by atoms with Crippen molar-refractivity contribution in [2.24, 2.45) is 11.3 Å². The van der Waals surface area contributed by atoms with E-state index in [-0.39, 0.29) is 30.9 Å². The first kappa shape index (κ1) is 23.7. The van der Waals surface area contributed by atoms with Crippen molar-refractivity contribution < 1.29 is 14.3 Å². The molecule has 1 fully saturated rings. The van der Waals surface area contributed by atoms with Crippen LogP contribution in [0.15, 0.2) is 54.6 Å². The number of aromatic nitrogens is 1. The maximum atomic E-state index is 12.5. The molecule has 34 heavy (non-hydrogen) atoms. The molecule has 3 aromatic rings. The maximum absolute atomic E-state index is 12.5. The number of benzene rings is 2. The fraction of sp³-hybridized carbons (Fsp3) is 0.393. The standard InChI is InChI=1S/C28H33N3O3/c1-18-15-21-7-5-6-8-23(21)30-26(18)31-25(22-16-28(2,3)17-22)19-9-11-20(12-10-19)27(33)29-14-13-24(32)34-4/h5-12,15,22,25H,13-14,16-17H2,1-4H3,(H,29,33)(H,30,31)/t25-/m0/s1. The number of hydrogen-bond donors (Lipinski definition) is 2. The van der Waals surface area contributed by atoms with Crippen molar-refractivity contribution in [3.05, 3.63) is 71.3 Å². The zero-order valence-electron chi connectivity index (χ0n) is 20.4. The number of carbonyl (C=O) groups excluding carboxylic acids is 2. The van der Waals surface area contributed by atoms with Gasteiger partial charge in [-0.2, -0.15) is 0 Å². The summed E-state index contributed by atoms with van der Waals surface area (Å²) < 4.78 is 4.61. The summed E-state index contributed by atoms with van der Waals surface area (Å²) in [6.07, 6.45) is 2.42. The lowest BCUT2D eigenvalue weighted by atomic mass is 9.61. The predicted octanol–water partition coefficient (Wildman–Crippen LogP) is 5.43. The van der Waals surface area contributed by atoms with Crippen molar-refractivity contribution in [1.82, 2.24) is 10.3 Å². The number of nitrogens with one attached hydrogen (secondary N) is 2. The van der Waals surface area contributed by atoms with E-state index >= 15 is 0 Å². The van der Waals surface area contributed by atoms with Gasteiger partial charge in [-0.1, -0.05) is 44.2 Å². The molecule has 1 aromatic heterocycles. The second kappa shape index (κ2) is 9.84. The fourth-order valence-electron chi connectivity index (χ4n) is 4.91. The molecule has 1 atom stereocenters. The number of carbonyl (C=O) groups is 2. The van der Waals surface area contributed by atoms with Crippen molar-refractivity contribution in [2.45, 2.75) is 46.1 Å². The first-order valence-electron chi connectivity index (χ1n) is 11.8. The minimum atomic E-state index is -0.342. The molecule has 0 radical (unpaired) electrons. The fourth-order valence-corrected chi connectivity index (χ4v) is 4.91. The molecule has 0 spiro atoms. The van der Waals surface area contributed by atoms with Crippen LogP contribution in [0.25, 0.3) is 10.9 Å². The SMILES string of the molecule is COC(=O)CCNC(=O)c1ccc([C@H](Nc2nc3ccccc3cc2C)C2CC(C)(C)C2)cc1. The second-order valence-corrected chi connectivity index (χ2v) is 10.0. The highest BCUT2D eigenvalue weighted by Crippen LogP contribution is 2.51. The van der Waals surface area contributed by atoms with Gasteiger partial charge in [-0.05, 0) is 66.5 Å². The Kier molecular flexibility index (Phi) is 6.87. The number of ether oxygens (including phenoxy) is 1. The molecule has 4 rings (SSSR count). The van der Waals surface area contributed by atoms with Crippen LogP contribution in [0, 0.1) is 18.3 Å². The van der Waals surface area contributed by atoms with Crippen LogP contribution in [-0.2, 0) is 9.53 Å². The van der Waals surface area contributed by atoms with E-state index in [9.17, 15) is 9.59 Å². The van der Waals surface area contributed by atoms with E-state index in [2.05, 4.69) is 48.3 Å². The van der Waals surface area contributed by atoms with Gasteiger partial charge in [0.1, 0.15) is 5.82 Å². The monoisotopic (exact) mass is 459 g/mol. The summed E-state index contributed by atoms with van der Waals surface area (Å²) in [5.74, 6) is 0.850. The summed E-state index contributed by atoms with van der Waals surface area (Å²) in [6, 6.07) is 18.2. The van der Waals surface area contributed by atoms with Crippen LogP contribution >= 0.6 is 0 Å². The van der Waals surface area contributed by atoms with Crippen LogP contribution in [-0.4, -0.2) is 30.5 Å². The summed E-state index contributed by atoms with van der Waals surface area (Å²) in [7, 11) is 1.34. The number of esters is 1. The third kappa shape index (κ3) is 5.38. The van der Waals surface area contributed by atoms with Crippen LogP contribution in [0.3, 0.4) is 0 Å². The summed E-state index contributed by atoms with van der Waals surface area (Å²) in [5.41, 5.74) is 4.14. The quantitative estimate of drug-likeness (QED) is 0.439. The Balaban J connectivity index is 1.53. The highest BCUT2D eigenvalue weighted by Gasteiger charge is 2.41. The van der Waals surface area contributed by atoms with E-state index in [1.54, 1.807) is 0 Å². The van der Waals surface area contributed by atoms with Gasteiger partial charge in [0.15, 0.2) is 0 Å². The number of hydrogen-bond acceptors (Lipinski definition) is 5. The van der Waals surface area contributed by atoms with Crippen molar-refractivity contribution in [3.63, 3.8) is 0 Å². The maximum Gasteiger partial charge on any atom is 0.307 e. The van der Waals surface area contributed by atoms with Crippen molar-refractivity contribution in [3.8, 4) is 0 Å². The Morgan fingerprint density at radius 3 is 2.50 bits per heavy atom. The first-order chi connectivity index (χ1) is 16.3. The lowest BCUT2D eigenvalue weighted by Crippen LogP contribution is -2.38. The van der Waals surface area contributed by atoms with E-state index in [0.717, 1.165) is 40.7 Å². The largest absolute Gasteiger partial charge is 0.469 e. The van der Waals surface area contributed by atoms with Gasteiger partial charge in [-0.3, -0.25) is 9.59 Å². The zero-order valence-corrected chi connectivity index (χ0v) is 20.4. The number of anilines is 1. The molecule has 178 valence electrons. The number of pyridine rings is 1. The van der Waals surface area contributed by atoms with E-state index < -0.39 is 0 Å². The summed E-state index contributed by atoms with van der Waals surface area (Å²) >= 11 is 0. The van der Waals surface area contributed by atoms with E-state index in [1.807, 2.05) is 42.5 Å². The van der Waals surface area contributed by atoms with Crippen LogP contribution in [0.4, 0.5) is 5.82 Å². The zero-order chi connectivity index (χ0) is 24.3. The second-order valence-electron chi connectivity index (χ2n) is 10.0. The smallest absolute Gasteiger partial charge is 0.307 e. The Morgan fingerprint density at radius 1 is 1.12 bits per heavy atom. The number of fused-ring (bicyclic) bond motifs is 1. The van der Waals surface area contributed by atoms with Gasteiger partial charge in [0, 0.05) is 17.5 Å². The molecule has 1 heterocycles. The van der Waals surface area contributed by atoms with Gasteiger partial charge >= 0.3 is 5.97 Å². The topological polar surface area (TPSA) is 80.3 Å². The molecule has 1 aliphatic rings. The lowest BCUT2D eigenvalue weighted by Gasteiger charge is -2.47. The molecule has 2 aromatic carbocycles. The van der Waals surface area contributed by atoms with Crippen LogP contribution in [0.1, 0.15) is 60.6 Å². The Morgan fingerprint density at radius 2 is 1.82 bits per heavy atom. The molecule has 0 saturated heterocycles. The van der Waals surface area contributed by atoms with Crippen molar-refractivity contribution >= 4 is 28.6 Å². The normalized spacial score (nSPS) is 15.9. The molecule has 6 heteroatoms. The molecule has 1 saturated carbocycles. The number of aryl methyl sites for hydroxylation is 1. The highest BCUT2D eigenvalue weighted by atomic mass is 16.5. The molecule has 1 aliphatic carbocycles. The van der Waals surface area contributed by atoms with Crippen molar-refractivity contribution in [1.29, 1.82) is 0 Å². The number of amides is 1. The van der Waals surface area contributed by atoms with Gasteiger partial charge in [-0.25, -0.2) is 4.98 Å². The molecular weight excluding hydrogens is 426 g/mol. The Labute approximate surface area is 201 Å². The van der Waals surface area contributed by atoms with Gasteiger partial charge in [0.05, 0.1) is 25.1 Å². The minimum Gasteiger partial charge on any atom is -0.469 e. The molecule has 6 nitrogen and oxygen atoms in total. The number of rotatable bonds is 8. The Hall–Kier alpha value is -3.41. The molecule has 2 N–H and O–H groups in total. The molecule has 0 unspecified atom stereocenters. The van der Waals surface area contributed by atoms with Gasteiger partial charge < -0.3 is 15.4 Å². The summed E-state index contributed by atoms with van der Waals surface area (Å²) in [5, 5.41) is 7.64. The average Bonchev–Trinajstić information content (AvgIpc) is 2.81. The van der Waals surface area contributed by atoms with Gasteiger partial charge in [-0.15, -0.1) is 0 Å². The van der Waals surface area contributed by atoms with Crippen molar-refractivity contribution in [2.75, 3.05) is 19.0 Å². The molecular formula is C28H33N3O3. The third-order valence-electron chi connectivity index (χ3n) is 6.68. The number of methoxy groups -OCH3 is 1. The van der Waals surface area contributed by atoms with E-state index in [1.165, 1.54) is 7.11 Å². The van der Waals surface area contributed by atoms with E-state index in [4.69, 9.17) is 4.98 Å². The predicted molar refractivity (Wildman–Crippen MR) is 135 cm³/mol. The molecule has 0 bridgehead atoms. The minimum absolute atomic E-state index is 0.108. The number of para-hydroxylation sites is 1. The van der Waals surface area contributed by atoms with Crippen LogP contribution in [0.2, 0.25) is 0 Å². The summed E-state index contributed by atoms with van der Waals surface area (Å²) in [4.78, 5) is 28.6. The lowest BCUT2D eigenvalue weighted by molar-refractivity contribution is -0.140. The third-order valence-corrected chi connectivity index (χ3v) is 6.68. The highest BCUT2D eigenvalue weighted by molar-refractivity contribution is 5.94. The van der Waals surface area contributed by atoms with Gasteiger partial charge in [0.2, 0.25) is 0 Å². The average molecular weight is 460 g/mol. The number of nitrogens with zero attached hydrogens (tertiary/aromatic N) is 1. The molecule has 1 amide bonds.